The average molecular weight is 432 g/mol. The Balaban J connectivity index is 1.86. The molecule has 1 unspecified atom stereocenters. The van der Waals surface area contributed by atoms with E-state index < -0.39 is 0 Å². The number of hydrogen-bond donors (Lipinski definition) is 2. The number of rotatable bonds is 5. The number of para-hydroxylation sites is 2. The first-order chi connectivity index (χ1) is 15.2. The minimum absolute atomic E-state index is 0.0397. The number of amides is 1. The molecule has 5 heteroatoms. The molecule has 0 aromatic heterocycles. The van der Waals surface area contributed by atoms with Gasteiger partial charge in [0.25, 0.3) is 0 Å². The molecule has 32 heavy (non-hydrogen) atoms. The van der Waals surface area contributed by atoms with Gasteiger partial charge < -0.3 is 15.5 Å². The molecule has 1 aliphatic heterocycles. The maximum Gasteiger partial charge on any atom is 0.239 e. The zero-order chi connectivity index (χ0) is 22.9. The van der Waals surface area contributed by atoms with E-state index >= 15 is 0 Å². The van der Waals surface area contributed by atoms with Crippen LogP contribution in [0.4, 0.5) is 11.4 Å². The van der Waals surface area contributed by atoms with Crippen molar-refractivity contribution in [3.8, 4) is 0 Å². The predicted molar refractivity (Wildman–Crippen MR) is 129 cm³/mol. The van der Waals surface area contributed by atoms with Crippen LogP contribution < -0.4 is 15.5 Å². The molecule has 0 bridgehead atoms. The van der Waals surface area contributed by atoms with Crippen LogP contribution in [0.15, 0.2) is 65.9 Å². The summed E-state index contributed by atoms with van der Waals surface area (Å²) in [5.41, 5.74) is 4.52. The Labute approximate surface area is 190 Å². The first-order valence-corrected chi connectivity index (χ1v) is 11.5. The van der Waals surface area contributed by atoms with Gasteiger partial charge in [0.2, 0.25) is 5.91 Å². The minimum atomic E-state index is -0.323. The number of allylic oxidation sites excluding steroid dienone is 1. The quantitative estimate of drug-likeness (QED) is 0.693. The third-order valence-corrected chi connectivity index (χ3v) is 6.14. The number of ketones is 1. The van der Waals surface area contributed by atoms with Gasteiger partial charge in [-0.05, 0) is 35.4 Å². The second kappa shape index (κ2) is 8.81. The highest BCUT2D eigenvalue weighted by Gasteiger charge is 2.41. The smallest absolute Gasteiger partial charge is 0.239 e. The van der Waals surface area contributed by atoms with Crippen LogP contribution >= 0.6 is 0 Å². The largest absolute Gasteiger partial charge is 0.357 e. The molecule has 1 atom stereocenters. The molecule has 2 aromatic rings. The number of carbonyl (C=O) groups excluding carboxylic acids is 2. The van der Waals surface area contributed by atoms with E-state index in [9.17, 15) is 9.59 Å². The van der Waals surface area contributed by atoms with Crippen LogP contribution in [0.5, 0.6) is 0 Å². The van der Waals surface area contributed by atoms with Gasteiger partial charge in [-0.15, -0.1) is 0 Å². The van der Waals surface area contributed by atoms with Crippen LogP contribution in [0, 0.1) is 11.3 Å². The maximum atomic E-state index is 13.6. The fourth-order valence-electron chi connectivity index (χ4n) is 4.74. The van der Waals surface area contributed by atoms with Crippen molar-refractivity contribution in [3.63, 3.8) is 0 Å². The van der Waals surface area contributed by atoms with Crippen LogP contribution in [0.25, 0.3) is 0 Å². The summed E-state index contributed by atoms with van der Waals surface area (Å²) in [6.07, 6.45) is 1.29. The monoisotopic (exact) mass is 431 g/mol. The number of anilines is 2. The average Bonchev–Trinajstić information content (AvgIpc) is 2.86. The topological polar surface area (TPSA) is 61.4 Å². The normalized spacial score (nSPS) is 19.7. The standard InChI is InChI=1S/C27H33N3O2/c1-18(2)16-28-24(32)17-30-22-13-9-8-12-20(22)29-21-14-27(3,4)15-23(31)25(21)26(30)19-10-6-5-7-11-19/h5-13,18,26,29H,14-17H2,1-4H3,(H,28,32). The van der Waals surface area contributed by atoms with Gasteiger partial charge >= 0.3 is 0 Å². The van der Waals surface area contributed by atoms with E-state index in [0.717, 1.165) is 34.6 Å². The summed E-state index contributed by atoms with van der Waals surface area (Å²) in [6.45, 7) is 9.25. The van der Waals surface area contributed by atoms with Crippen molar-refractivity contribution in [2.75, 3.05) is 23.3 Å². The lowest BCUT2D eigenvalue weighted by Crippen LogP contribution is -2.42. The molecule has 2 N–H and O–H groups in total. The summed E-state index contributed by atoms with van der Waals surface area (Å²) >= 11 is 0. The molecule has 2 aliphatic rings. The van der Waals surface area contributed by atoms with Crippen LogP contribution in [0.2, 0.25) is 0 Å². The highest BCUT2D eigenvalue weighted by molar-refractivity contribution is 6.01. The number of fused-ring (bicyclic) bond motifs is 1. The van der Waals surface area contributed by atoms with E-state index in [-0.39, 0.29) is 29.7 Å². The molecule has 1 amide bonds. The van der Waals surface area contributed by atoms with E-state index in [1.165, 1.54) is 0 Å². The van der Waals surface area contributed by atoms with Gasteiger partial charge in [-0.2, -0.15) is 0 Å². The van der Waals surface area contributed by atoms with E-state index in [2.05, 4.69) is 55.4 Å². The lowest BCUT2D eigenvalue weighted by molar-refractivity contribution is -0.120. The molecule has 4 rings (SSSR count). The van der Waals surface area contributed by atoms with Crippen molar-refractivity contribution in [2.45, 2.75) is 46.6 Å². The first kappa shape index (κ1) is 22.1. The highest BCUT2D eigenvalue weighted by atomic mass is 16.2. The van der Waals surface area contributed by atoms with Crippen molar-refractivity contribution in [2.24, 2.45) is 11.3 Å². The molecule has 2 aromatic carbocycles. The van der Waals surface area contributed by atoms with Crippen LogP contribution in [0.3, 0.4) is 0 Å². The Hall–Kier alpha value is -3.08. The third-order valence-electron chi connectivity index (χ3n) is 6.14. The summed E-state index contributed by atoms with van der Waals surface area (Å²) in [4.78, 5) is 28.6. The third kappa shape index (κ3) is 4.57. The van der Waals surface area contributed by atoms with Crippen LogP contribution in [-0.2, 0) is 9.59 Å². The van der Waals surface area contributed by atoms with Crippen molar-refractivity contribution in [3.05, 3.63) is 71.4 Å². The van der Waals surface area contributed by atoms with Gasteiger partial charge in [0, 0.05) is 24.2 Å². The molecule has 0 saturated heterocycles. The summed E-state index contributed by atoms with van der Waals surface area (Å²) in [5.74, 6) is 0.485. The van der Waals surface area contributed by atoms with Crippen molar-refractivity contribution < 1.29 is 9.59 Å². The zero-order valence-electron chi connectivity index (χ0n) is 19.4. The SMILES string of the molecule is CC(C)CNC(=O)CN1c2ccccc2NC2=C(C(=O)CC(C)(C)C2)C1c1ccccc1. The Kier molecular flexibility index (Phi) is 6.09. The van der Waals surface area contributed by atoms with Gasteiger partial charge in [-0.3, -0.25) is 9.59 Å². The number of hydrogen-bond acceptors (Lipinski definition) is 4. The predicted octanol–water partition coefficient (Wildman–Crippen LogP) is 5.08. The molecule has 5 nitrogen and oxygen atoms in total. The molecule has 0 spiro atoms. The number of nitrogens with zero attached hydrogens (tertiary/aromatic N) is 1. The zero-order valence-corrected chi connectivity index (χ0v) is 19.4. The number of nitrogens with one attached hydrogen (secondary N) is 2. The Morgan fingerprint density at radius 1 is 1.09 bits per heavy atom. The second-order valence-electron chi connectivity index (χ2n) is 10.1. The summed E-state index contributed by atoms with van der Waals surface area (Å²) in [7, 11) is 0. The van der Waals surface area contributed by atoms with Crippen LogP contribution in [-0.4, -0.2) is 24.8 Å². The fourth-order valence-corrected chi connectivity index (χ4v) is 4.74. The molecular formula is C27H33N3O2. The first-order valence-electron chi connectivity index (χ1n) is 11.5. The molecule has 0 saturated carbocycles. The molecule has 168 valence electrons. The van der Waals surface area contributed by atoms with Crippen molar-refractivity contribution >= 4 is 23.1 Å². The lowest BCUT2D eigenvalue weighted by Gasteiger charge is -2.37. The van der Waals surface area contributed by atoms with Crippen LogP contribution in [0.1, 0.15) is 52.1 Å². The Morgan fingerprint density at radius 2 is 1.78 bits per heavy atom. The van der Waals surface area contributed by atoms with Crippen molar-refractivity contribution in [1.29, 1.82) is 0 Å². The van der Waals surface area contributed by atoms with E-state index in [4.69, 9.17) is 0 Å². The fraction of sp³-hybridized carbons (Fsp3) is 0.407. The summed E-state index contributed by atoms with van der Waals surface area (Å²) in [5, 5.41) is 6.63. The van der Waals surface area contributed by atoms with E-state index in [1.807, 2.05) is 42.5 Å². The molecule has 0 radical (unpaired) electrons. The van der Waals surface area contributed by atoms with Crippen molar-refractivity contribution in [1.82, 2.24) is 5.32 Å². The number of Topliss-reactive ketones (excluding diaryl/α,β-unsaturated/α-hetero) is 1. The van der Waals surface area contributed by atoms with Gasteiger partial charge in [0.15, 0.2) is 5.78 Å². The minimum Gasteiger partial charge on any atom is -0.357 e. The van der Waals surface area contributed by atoms with Gasteiger partial charge in [-0.1, -0.05) is 70.2 Å². The Bertz CT molecular complexity index is 1040. The second-order valence-corrected chi connectivity index (χ2v) is 10.1. The lowest BCUT2D eigenvalue weighted by atomic mass is 9.73. The van der Waals surface area contributed by atoms with Gasteiger partial charge in [0.1, 0.15) is 0 Å². The number of carbonyl (C=O) groups is 2. The molecular weight excluding hydrogens is 398 g/mol. The Morgan fingerprint density at radius 3 is 2.50 bits per heavy atom. The molecule has 0 fully saturated rings. The summed E-state index contributed by atoms with van der Waals surface area (Å²) in [6, 6.07) is 17.8. The van der Waals surface area contributed by atoms with E-state index in [0.29, 0.717) is 18.9 Å². The van der Waals surface area contributed by atoms with Gasteiger partial charge in [0.05, 0.1) is 24.0 Å². The summed E-state index contributed by atoms with van der Waals surface area (Å²) < 4.78 is 0. The molecule has 1 heterocycles. The molecule has 1 aliphatic carbocycles. The number of benzene rings is 2. The maximum absolute atomic E-state index is 13.6. The van der Waals surface area contributed by atoms with E-state index in [1.54, 1.807) is 0 Å². The van der Waals surface area contributed by atoms with Gasteiger partial charge in [-0.25, -0.2) is 0 Å². The highest BCUT2D eigenvalue weighted by Crippen LogP contribution is 2.48.